The van der Waals surface area contributed by atoms with Crippen molar-refractivity contribution in [1.29, 1.82) is 0 Å². The molecule has 0 aliphatic heterocycles. The van der Waals surface area contributed by atoms with Crippen molar-refractivity contribution in [3.05, 3.63) is 18.3 Å². The zero-order valence-corrected chi connectivity index (χ0v) is 10.2. The molecule has 1 aliphatic carbocycles. The summed E-state index contributed by atoms with van der Waals surface area (Å²) in [6.07, 6.45) is 6.77. The molecular formula is C13H20N2O2. The van der Waals surface area contributed by atoms with Gasteiger partial charge in [-0.15, -0.1) is 0 Å². The number of anilines is 1. The number of aliphatic hydroxyl groups is 1. The Morgan fingerprint density at radius 3 is 3.00 bits per heavy atom. The number of rotatable bonds is 3. The first kappa shape index (κ1) is 12.2. The van der Waals surface area contributed by atoms with Crippen LogP contribution in [0.3, 0.4) is 0 Å². The number of methoxy groups -OCH3 is 1. The highest BCUT2D eigenvalue weighted by molar-refractivity contribution is 5.50. The summed E-state index contributed by atoms with van der Waals surface area (Å²) < 4.78 is 5.25. The Hall–Kier alpha value is -1.29. The number of aliphatic hydroxyl groups excluding tert-OH is 1. The van der Waals surface area contributed by atoms with Gasteiger partial charge in [0, 0.05) is 6.20 Å². The van der Waals surface area contributed by atoms with E-state index in [1.807, 2.05) is 12.1 Å². The van der Waals surface area contributed by atoms with Crippen molar-refractivity contribution in [3.63, 3.8) is 0 Å². The van der Waals surface area contributed by atoms with Crippen molar-refractivity contribution in [2.24, 2.45) is 0 Å². The van der Waals surface area contributed by atoms with E-state index in [1.165, 1.54) is 6.42 Å². The van der Waals surface area contributed by atoms with E-state index >= 15 is 0 Å². The van der Waals surface area contributed by atoms with Crippen molar-refractivity contribution in [3.8, 4) is 5.75 Å². The molecule has 2 unspecified atom stereocenters. The van der Waals surface area contributed by atoms with Gasteiger partial charge >= 0.3 is 0 Å². The number of hydrogen-bond acceptors (Lipinski definition) is 4. The monoisotopic (exact) mass is 236 g/mol. The van der Waals surface area contributed by atoms with E-state index in [0.29, 0.717) is 0 Å². The Bertz CT molecular complexity index is 357. The second-order valence-corrected chi connectivity index (χ2v) is 4.51. The fraction of sp³-hybridized carbons (Fsp3) is 0.615. The third kappa shape index (κ3) is 3.09. The first-order valence-corrected chi connectivity index (χ1v) is 6.25. The molecule has 2 atom stereocenters. The highest BCUT2D eigenvalue weighted by atomic mass is 16.5. The summed E-state index contributed by atoms with van der Waals surface area (Å²) in [7, 11) is 1.63. The summed E-state index contributed by atoms with van der Waals surface area (Å²) in [6, 6.07) is 3.80. The molecule has 94 valence electrons. The Morgan fingerprint density at radius 2 is 2.18 bits per heavy atom. The maximum atomic E-state index is 10.0. The van der Waals surface area contributed by atoms with Crippen LogP contribution in [0.5, 0.6) is 5.75 Å². The fourth-order valence-electron chi connectivity index (χ4n) is 2.30. The molecule has 1 aliphatic rings. The van der Waals surface area contributed by atoms with Gasteiger partial charge in [-0.05, 0) is 25.0 Å². The number of hydrogen-bond donors (Lipinski definition) is 2. The van der Waals surface area contributed by atoms with Crippen LogP contribution in [-0.4, -0.2) is 29.3 Å². The Kier molecular flexibility index (Phi) is 4.20. The molecule has 4 heteroatoms. The van der Waals surface area contributed by atoms with Gasteiger partial charge < -0.3 is 15.2 Å². The van der Waals surface area contributed by atoms with Crippen molar-refractivity contribution >= 4 is 5.82 Å². The minimum Gasteiger partial charge on any atom is -0.493 e. The summed E-state index contributed by atoms with van der Waals surface area (Å²) in [4.78, 5) is 4.26. The average molecular weight is 236 g/mol. The Labute approximate surface area is 102 Å². The van der Waals surface area contributed by atoms with Crippen LogP contribution in [-0.2, 0) is 0 Å². The Morgan fingerprint density at radius 1 is 1.35 bits per heavy atom. The molecule has 1 aromatic heterocycles. The number of ether oxygens (including phenoxy) is 1. The minimum absolute atomic E-state index is 0.0845. The summed E-state index contributed by atoms with van der Waals surface area (Å²) >= 11 is 0. The number of aromatic nitrogens is 1. The van der Waals surface area contributed by atoms with E-state index in [-0.39, 0.29) is 12.1 Å². The fourth-order valence-corrected chi connectivity index (χ4v) is 2.30. The smallest absolute Gasteiger partial charge is 0.169 e. The number of pyridine rings is 1. The number of nitrogens with zero attached hydrogens (tertiary/aromatic N) is 1. The summed E-state index contributed by atoms with van der Waals surface area (Å²) in [5.41, 5.74) is 0. The highest BCUT2D eigenvalue weighted by Crippen LogP contribution is 2.25. The lowest BCUT2D eigenvalue weighted by molar-refractivity contribution is 0.144. The largest absolute Gasteiger partial charge is 0.493 e. The maximum absolute atomic E-state index is 10.0. The van der Waals surface area contributed by atoms with Crippen molar-refractivity contribution < 1.29 is 9.84 Å². The highest BCUT2D eigenvalue weighted by Gasteiger charge is 2.22. The molecule has 1 aromatic rings. The van der Waals surface area contributed by atoms with Crippen LogP contribution >= 0.6 is 0 Å². The van der Waals surface area contributed by atoms with Crippen LogP contribution in [0.15, 0.2) is 18.3 Å². The van der Waals surface area contributed by atoms with Crippen LogP contribution in [0, 0.1) is 0 Å². The van der Waals surface area contributed by atoms with Gasteiger partial charge in [0.2, 0.25) is 0 Å². The van der Waals surface area contributed by atoms with Gasteiger partial charge in [0.25, 0.3) is 0 Å². The molecular weight excluding hydrogens is 216 g/mol. The van der Waals surface area contributed by atoms with E-state index < -0.39 is 0 Å². The van der Waals surface area contributed by atoms with Gasteiger partial charge in [-0.2, -0.15) is 0 Å². The van der Waals surface area contributed by atoms with Crippen LogP contribution in [0.25, 0.3) is 0 Å². The zero-order chi connectivity index (χ0) is 12.1. The zero-order valence-electron chi connectivity index (χ0n) is 10.2. The predicted octanol–water partition coefficient (Wildman–Crippen LogP) is 2.20. The van der Waals surface area contributed by atoms with Crippen LogP contribution in [0.2, 0.25) is 0 Å². The summed E-state index contributed by atoms with van der Waals surface area (Å²) in [5, 5.41) is 13.3. The van der Waals surface area contributed by atoms with Gasteiger partial charge in [-0.3, -0.25) is 0 Å². The normalized spacial score (nSPS) is 25.1. The number of nitrogens with one attached hydrogen (secondary N) is 1. The first-order valence-electron chi connectivity index (χ1n) is 6.25. The van der Waals surface area contributed by atoms with E-state index in [2.05, 4.69) is 10.3 Å². The standard InChI is InChI=1S/C13H20N2O2/c1-17-12-8-5-9-14-13(12)15-10-6-3-2-4-7-11(10)16/h5,8-11,16H,2-4,6-7H2,1H3,(H,14,15). The SMILES string of the molecule is COc1cccnc1NC1CCCCCC1O. The second-order valence-electron chi connectivity index (χ2n) is 4.51. The average Bonchev–Trinajstić information content (AvgIpc) is 2.56. The second kappa shape index (κ2) is 5.87. The molecule has 0 amide bonds. The van der Waals surface area contributed by atoms with Gasteiger partial charge in [0.1, 0.15) is 0 Å². The molecule has 1 heterocycles. The third-order valence-electron chi connectivity index (χ3n) is 3.29. The molecule has 0 bridgehead atoms. The summed E-state index contributed by atoms with van der Waals surface area (Å²) in [5.74, 6) is 1.45. The van der Waals surface area contributed by atoms with E-state index in [0.717, 1.165) is 37.3 Å². The lowest BCUT2D eigenvalue weighted by Gasteiger charge is -2.23. The van der Waals surface area contributed by atoms with Crippen molar-refractivity contribution in [1.82, 2.24) is 4.98 Å². The quantitative estimate of drug-likeness (QED) is 0.790. The van der Waals surface area contributed by atoms with E-state index in [1.54, 1.807) is 13.3 Å². The third-order valence-corrected chi connectivity index (χ3v) is 3.29. The van der Waals surface area contributed by atoms with E-state index in [4.69, 9.17) is 4.74 Å². The molecule has 1 saturated carbocycles. The molecule has 2 N–H and O–H groups in total. The van der Waals surface area contributed by atoms with Gasteiger partial charge in [0.05, 0.1) is 19.3 Å². The van der Waals surface area contributed by atoms with Gasteiger partial charge in [-0.1, -0.05) is 19.3 Å². The summed E-state index contributed by atoms with van der Waals surface area (Å²) in [6.45, 7) is 0. The first-order chi connectivity index (χ1) is 8.31. The maximum Gasteiger partial charge on any atom is 0.169 e. The van der Waals surface area contributed by atoms with Crippen molar-refractivity contribution in [2.75, 3.05) is 12.4 Å². The van der Waals surface area contributed by atoms with Crippen LogP contribution in [0.4, 0.5) is 5.82 Å². The molecule has 0 radical (unpaired) electrons. The Balaban J connectivity index is 2.07. The lowest BCUT2D eigenvalue weighted by Crippen LogP contribution is -2.32. The molecule has 2 rings (SSSR count). The molecule has 1 fully saturated rings. The van der Waals surface area contributed by atoms with Gasteiger partial charge in [0.15, 0.2) is 11.6 Å². The molecule has 0 spiro atoms. The molecule has 17 heavy (non-hydrogen) atoms. The molecule has 0 aromatic carbocycles. The van der Waals surface area contributed by atoms with Gasteiger partial charge in [-0.25, -0.2) is 4.98 Å². The van der Waals surface area contributed by atoms with Crippen molar-refractivity contribution in [2.45, 2.75) is 44.2 Å². The van der Waals surface area contributed by atoms with Crippen LogP contribution < -0.4 is 10.1 Å². The molecule has 0 saturated heterocycles. The predicted molar refractivity (Wildman–Crippen MR) is 67.3 cm³/mol. The minimum atomic E-state index is -0.288. The topological polar surface area (TPSA) is 54.4 Å². The van der Waals surface area contributed by atoms with E-state index in [9.17, 15) is 5.11 Å². The van der Waals surface area contributed by atoms with Crippen LogP contribution in [0.1, 0.15) is 32.1 Å². The molecule has 4 nitrogen and oxygen atoms in total. The lowest BCUT2D eigenvalue weighted by atomic mass is 10.1.